The van der Waals surface area contributed by atoms with E-state index in [0.717, 1.165) is 23.5 Å². The molecular weight excluding hydrogens is 292 g/mol. The zero-order valence-corrected chi connectivity index (χ0v) is 11.4. The fraction of sp³-hybridized carbons (Fsp3) is 0.182. The van der Waals surface area contributed by atoms with Crippen molar-refractivity contribution < 1.29 is 9.53 Å². The molecule has 18 heavy (non-hydrogen) atoms. The van der Waals surface area contributed by atoms with Crippen LogP contribution in [0, 0.1) is 21.3 Å². The number of hydrogen-bond acceptors (Lipinski definition) is 6. The van der Waals surface area contributed by atoms with Crippen LogP contribution in [0.1, 0.15) is 15.9 Å². The second-order valence-corrected chi connectivity index (χ2v) is 4.85. The Morgan fingerprint density at radius 1 is 1.33 bits per heavy atom. The normalized spacial score (nSPS) is 9.28. The van der Waals surface area contributed by atoms with E-state index in [4.69, 9.17) is 26.9 Å². The standard InChI is InChI=1S/C11H7ClN2O2S2/c12-10-2-1-8(3-9(10)4-17-5-13)11(15)16-7-18-6-14/h1-3H,4,7H2. The van der Waals surface area contributed by atoms with Gasteiger partial charge in [0.1, 0.15) is 10.8 Å². The average molecular weight is 299 g/mol. The lowest BCUT2D eigenvalue weighted by atomic mass is 10.1. The van der Waals surface area contributed by atoms with Crippen LogP contribution >= 0.6 is 35.1 Å². The van der Waals surface area contributed by atoms with Crippen molar-refractivity contribution in [2.24, 2.45) is 0 Å². The molecule has 0 fully saturated rings. The van der Waals surface area contributed by atoms with E-state index in [1.807, 2.05) is 5.40 Å². The number of rotatable bonds is 5. The minimum absolute atomic E-state index is 0.0137. The molecule has 0 bridgehead atoms. The Morgan fingerprint density at radius 3 is 2.72 bits per heavy atom. The molecule has 0 N–H and O–H groups in total. The van der Waals surface area contributed by atoms with Crippen molar-refractivity contribution in [3.63, 3.8) is 0 Å². The summed E-state index contributed by atoms with van der Waals surface area (Å²) in [7, 11) is 0. The maximum atomic E-state index is 11.6. The number of ether oxygens (including phenoxy) is 1. The van der Waals surface area contributed by atoms with Gasteiger partial charge in [-0.05, 0) is 47.3 Å². The van der Waals surface area contributed by atoms with Crippen molar-refractivity contribution >= 4 is 41.1 Å². The van der Waals surface area contributed by atoms with Crippen LogP contribution in [0.2, 0.25) is 5.02 Å². The zero-order chi connectivity index (χ0) is 13.4. The maximum Gasteiger partial charge on any atom is 0.339 e. The summed E-state index contributed by atoms with van der Waals surface area (Å²) in [5.41, 5.74) is 1.05. The molecule has 1 aromatic rings. The number of carbonyl (C=O) groups is 1. The molecule has 92 valence electrons. The first kappa shape index (κ1) is 14.7. The number of carbonyl (C=O) groups excluding carboxylic acids is 1. The summed E-state index contributed by atoms with van der Waals surface area (Å²) >= 11 is 7.82. The van der Waals surface area contributed by atoms with Gasteiger partial charge in [-0.25, -0.2) is 4.79 Å². The van der Waals surface area contributed by atoms with Gasteiger partial charge in [0.15, 0.2) is 5.94 Å². The van der Waals surface area contributed by atoms with Crippen LogP contribution in [0.3, 0.4) is 0 Å². The number of halogens is 1. The Hall–Kier alpha value is -1.34. The SMILES string of the molecule is N#CSCOC(=O)c1ccc(Cl)c(CSC#N)c1. The molecule has 0 unspecified atom stereocenters. The van der Waals surface area contributed by atoms with Gasteiger partial charge in [-0.3, -0.25) is 0 Å². The van der Waals surface area contributed by atoms with Crippen LogP contribution in [0.5, 0.6) is 0 Å². The highest BCUT2D eigenvalue weighted by molar-refractivity contribution is 8.03. The summed E-state index contributed by atoms with van der Waals surface area (Å²) in [4.78, 5) is 11.6. The van der Waals surface area contributed by atoms with E-state index in [1.165, 1.54) is 0 Å². The molecule has 7 heteroatoms. The molecule has 0 saturated heterocycles. The molecular formula is C11H7ClN2O2S2. The lowest BCUT2D eigenvalue weighted by Gasteiger charge is -2.05. The lowest BCUT2D eigenvalue weighted by Crippen LogP contribution is -2.05. The Morgan fingerprint density at radius 2 is 2.06 bits per heavy atom. The fourth-order valence-electron chi connectivity index (χ4n) is 1.12. The summed E-state index contributed by atoms with van der Waals surface area (Å²) in [5.74, 6) is -0.124. The molecule has 0 saturated carbocycles. The smallest absolute Gasteiger partial charge is 0.339 e. The molecule has 0 radical (unpaired) electrons. The first-order valence-corrected chi connectivity index (χ1v) is 7.01. The van der Waals surface area contributed by atoms with Gasteiger partial charge in [-0.15, -0.1) is 0 Å². The molecule has 0 atom stereocenters. The molecule has 4 nitrogen and oxygen atoms in total. The number of esters is 1. The van der Waals surface area contributed by atoms with Crippen LogP contribution < -0.4 is 0 Å². The molecule has 0 heterocycles. The molecule has 0 aliphatic heterocycles. The lowest BCUT2D eigenvalue weighted by molar-refractivity contribution is 0.0580. The predicted octanol–water partition coefficient (Wildman–Crippen LogP) is 3.38. The Bertz CT molecular complexity index is 523. The minimum atomic E-state index is -0.516. The molecule has 1 aromatic carbocycles. The first-order chi connectivity index (χ1) is 8.69. The van der Waals surface area contributed by atoms with Gasteiger partial charge in [0.25, 0.3) is 0 Å². The van der Waals surface area contributed by atoms with Crippen molar-refractivity contribution in [2.45, 2.75) is 5.75 Å². The zero-order valence-electron chi connectivity index (χ0n) is 9.05. The van der Waals surface area contributed by atoms with Gasteiger partial charge in [0, 0.05) is 10.8 Å². The highest BCUT2D eigenvalue weighted by Crippen LogP contribution is 2.22. The van der Waals surface area contributed by atoms with Crippen LogP contribution in [-0.2, 0) is 10.5 Å². The Balaban J connectivity index is 2.75. The highest BCUT2D eigenvalue weighted by Gasteiger charge is 2.10. The summed E-state index contributed by atoms with van der Waals surface area (Å²) < 4.78 is 4.85. The van der Waals surface area contributed by atoms with Crippen molar-refractivity contribution in [3.8, 4) is 10.8 Å². The molecule has 0 aromatic heterocycles. The predicted molar refractivity (Wildman–Crippen MR) is 71.8 cm³/mol. The molecule has 1 rings (SSSR count). The van der Waals surface area contributed by atoms with Crippen LogP contribution in [0.25, 0.3) is 0 Å². The van der Waals surface area contributed by atoms with Gasteiger partial charge < -0.3 is 4.74 Å². The Kier molecular flexibility index (Phi) is 6.45. The topological polar surface area (TPSA) is 73.9 Å². The van der Waals surface area contributed by atoms with E-state index in [-0.39, 0.29) is 5.94 Å². The van der Waals surface area contributed by atoms with Gasteiger partial charge in [0.2, 0.25) is 0 Å². The van der Waals surface area contributed by atoms with Gasteiger partial charge in [0.05, 0.1) is 5.56 Å². The third-order valence-corrected chi connectivity index (χ3v) is 3.21. The number of nitriles is 2. The first-order valence-electron chi connectivity index (χ1n) is 4.66. The number of thioether (sulfide) groups is 2. The average Bonchev–Trinajstić information content (AvgIpc) is 2.38. The molecule has 0 amide bonds. The summed E-state index contributed by atoms with van der Waals surface area (Å²) in [6.45, 7) is 0. The van der Waals surface area contributed by atoms with Crippen LogP contribution in [0.4, 0.5) is 0 Å². The van der Waals surface area contributed by atoms with Crippen molar-refractivity contribution in [3.05, 3.63) is 34.3 Å². The quantitative estimate of drug-likeness (QED) is 0.359. The van der Waals surface area contributed by atoms with E-state index in [2.05, 4.69) is 0 Å². The minimum Gasteiger partial charge on any atom is -0.450 e. The highest BCUT2D eigenvalue weighted by atomic mass is 35.5. The summed E-state index contributed by atoms with van der Waals surface area (Å²) in [6.07, 6.45) is 0. The molecule has 0 spiro atoms. The van der Waals surface area contributed by atoms with E-state index >= 15 is 0 Å². The van der Waals surface area contributed by atoms with Gasteiger partial charge in [-0.1, -0.05) is 11.6 Å². The second kappa shape index (κ2) is 7.88. The van der Waals surface area contributed by atoms with E-state index in [9.17, 15) is 4.79 Å². The van der Waals surface area contributed by atoms with E-state index in [0.29, 0.717) is 21.9 Å². The maximum absolute atomic E-state index is 11.6. The number of benzene rings is 1. The van der Waals surface area contributed by atoms with E-state index < -0.39 is 5.97 Å². The van der Waals surface area contributed by atoms with Crippen LogP contribution in [-0.4, -0.2) is 11.9 Å². The summed E-state index contributed by atoms with van der Waals surface area (Å²) in [5, 5.41) is 21.0. The Labute approximate surface area is 118 Å². The fourth-order valence-corrected chi connectivity index (χ4v) is 2.06. The number of nitrogens with zero attached hydrogens (tertiary/aromatic N) is 2. The van der Waals surface area contributed by atoms with Crippen molar-refractivity contribution in [1.82, 2.24) is 0 Å². The van der Waals surface area contributed by atoms with Gasteiger partial charge in [-0.2, -0.15) is 10.5 Å². The van der Waals surface area contributed by atoms with Crippen LogP contribution in [0.15, 0.2) is 18.2 Å². The second-order valence-electron chi connectivity index (χ2n) is 2.97. The van der Waals surface area contributed by atoms with Gasteiger partial charge >= 0.3 is 5.97 Å². The third kappa shape index (κ3) is 4.50. The largest absolute Gasteiger partial charge is 0.450 e. The number of thiocyanates is 2. The molecule has 0 aliphatic carbocycles. The monoisotopic (exact) mass is 298 g/mol. The van der Waals surface area contributed by atoms with Crippen molar-refractivity contribution in [2.75, 3.05) is 5.94 Å². The number of hydrogen-bond donors (Lipinski definition) is 0. The molecule has 0 aliphatic rings. The summed E-state index contributed by atoms with van der Waals surface area (Å²) in [6, 6.07) is 4.72. The van der Waals surface area contributed by atoms with Crippen molar-refractivity contribution in [1.29, 1.82) is 10.5 Å². The van der Waals surface area contributed by atoms with E-state index in [1.54, 1.807) is 23.6 Å². The third-order valence-electron chi connectivity index (χ3n) is 1.89.